The van der Waals surface area contributed by atoms with Gasteiger partial charge in [0.05, 0.1) is 4.90 Å². The summed E-state index contributed by atoms with van der Waals surface area (Å²) in [5.74, 6) is -0.175. The molecule has 3 aromatic rings. The number of sulfonamides is 1. The molecule has 0 aliphatic carbocycles. The summed E-state index contributed by atoms with van der Waals surface area (Å²) < 4.78 is 28.0. The first kappa shape index (κ1) is 20.3. The SMILES string of the molecule is O=C(NCc1ccccc1)c1ccc(CNS(=O)(=O)c2ccc(Br)cc2)cc1. The lowest BCUT2D eigenvalue weighted by Gasteiger charge is -2.08. The van der Waals surface area contributed by atoms with E-state index in [-0.39, 0.29) is 17.3 Å². The normalized spacial score (nSPS) is 11.2. The fourth-order valence-electron chi connectivity index (χ4n) is 2.53. The summed E-state index contributed by atoms with van der Waals surface area (Å²) in [5, 5.41) is 2.86. The van der Waals surface area contributed by atoms with Crippen molar-refractivity contribution in [2.24, 2.45) is 0 Å². The van der Waals surface area contributed by atoms with Crippen LogP contribution in [0.4, 0.5) is 0 Å². The summed E-state index contributed by atoms with van der Waals surface area (Å²) in [6, 6.07) is 22.9. The molecule has 7 heteroatoms. The van der Waals surface area contributed by atoms with Crippen molar-refractivity contribution in [1.82, 2.24) is 10.0 Å². The Morgan fingerprint density at radius 2 is 1.39 bits per heavy atom. The van der Waals surface area contributed by atoms with E-state index in [1.165, 1.54) is 12.1 Å². The standard InChI is InChI=1S/C21H19BrN2O3S/c22-19-10-12-20(13-11-19)28(26,27)24-15-17-6-8-18(9-7-17)21(25)23-14-16-4-2-1-3-5-16/h1-13,24H,14-15H2,(H,23,25). The molecule has 28 heavy (non-hydrogen) atoms. The van der Waals surface area contributed by atoms with Crippen LogP contribution in [0, 0.1) is 0 Å². The first-order valence-electron chi connectivity index (χ1n) is 8.60. The number of amides is 1. The van der Waals surface area contributed by atoms with E-state index < -0.39 is 10.0 Å². The second kappa shape index (κ2) is 9.14. The van der Waals surface area contributed by atoms with Crippen LogP contribution in [0.3, 0.4) is 0 Å². The Bertz CT molecular complexity index is 1040. The Morgan fingerprint density at radius 1 is 0.786 bits per heavy atom. The summed E-state index contributed by atoms with van der Waals surface area (Å²) >= 11 is 3.28. The Morgan fingerprint density at radius 3 is 2.04 bits per heavy atom. The average molecular weight is 459 g/mol. The summed E-state index contributed by atoms with van der Waals surface area (Å²) in [6.45, 7) is 0.596. The predicted octanol–water partition coefficient (Wildman–Crippen LogP) is 3.86. The van der Waals surface area contributed by atoms with Crippen molar-refractivity contribution in [3.63, 3.8) is 0 Å². The van der Waals surface area contributed by atoms with Gasteiger partial charge in [-0.05, 0) is 47.5 Å². The van der Waals surface area contributed by atoms with Gasteiger partial charge in [-0.15, -0.1) is 0 Å². The van der Waals surface area contributed by atoms with Crippen molar-refractivity contribution >= 4 is 31.9 Å². The first-order chi connectivity index (χ1) is 13.4. The number of nitrogens with one attached hydrogen (secondary N) is 2. The number of halogens is 1. The fourth-order valence-corrected chi connectivity index (χ4v) is 3.81. The van der Waals surface area contributed by atoms with Crippen LogP contribution in [0.15, 0.2) is 88.2 Å². The highest BCUT2D eigenvalue weighted by Crippen LogP contribution is 2.15. The van der Waals surface area contributed by atoms with E-state index in [1.54, 1.807) is 36.4 Å². The molecule has 0 saturated heterocycles. The second-order valence-corrected chi connectivity index (χ2v) is 8.83. The van der Waals surface area contributed by atoms with Gasteiger partial charge in [0.1, 0.15) is 0 Å². The van der Waals surface area contributed by atoms with Crippen LogP contribution >= 0.6 is 15.9 Å². The van der Waals surface area contributed by atoms with Crippen molar-refractivity contribution in [2.45, 2.75) is 18.0 Å². The Kier molecular flexibility index (Phi) is 6.61. The fraction of sp³-hybridized carbons (Fsp3) is 0.0952. The molecule has 0 radical (unpaired) electrons. The van der Waals surface area contributed by atoms with Crippen LogP contribution in [0.5, 0.6) is 0 Å². The van der Waals surface area contributed by atoms with Gasteiger partial charge in [-0.3, -0.25) is 4.79 Å². The number of hydrogen-bond donors (Lipinski definition) is 2. The molecule has 3 aromatic carbocycles. The number of carbonyl (C=O) groups excluding carboxylic acids is 1. The molecule has 0 aliphatic rings. The minimum atomic E-state index is -3.59. The lowest BCUT2D eigenvalue weighted by Crippen LogP contribution is -2.24. The van der Waals surface area contributed by atoms with E-state index in [0.29, 0.717) is 12.1 Å². The van der Waals surface area contributed by atoms with E-state index in [1.807, 2.05) is 30.3 Å². The van der Waals surface area contributed by atoms with Gasteiger partial charge >= 0.3 is 0 Å². The zero-order chi connectivity index (χ0) is 20.0. The maximum atomic E-state index is 12.3. The highest BCUT2D eigenvalue weighted by molar-refractivity contribution is 9.10. The van der Waals surface area contributed by atoms with Crippen LogP contribution in [-0.2, 0) is 23.1 Å². The molecule has 0 heterocycles. The van der Waals surface area contributed by atoms with Crippen molar-refractivity contribution in [2.75, 3.05) is 0 Å². The molecule has 3 rings (SSSR count). The van der Waals surface area contributed by atoms with Gasteiger partial charge < -0.3 is 5.32 Å². The Balaban J connectivity index is 1.56. The lowest BCUT2D eigenvalue weighted by atomic mass is 10.1. The zero-order valence-electron chi connectivity index (χ0n) is 14.9. The van der Waals surface area contributed by atoms with Crippen LogP contribution in [0.2, 0.25) is 0 Å². The van der Waals surface area contributed by atoms with Gasteiger partial charge in [-0.1, -0.05) is 58.4 Å². The molecule has 0 aromatic heterocycles. The van der Waals surface area contributed by atoms with E-state index >= 15 is 0 Å². The van der Waals surface area contributed by atoms with Crippen LogP contribution < -0.4 is 10.0 Å². The lowest BCUT2D eigenvalue weighted by molar-refractivity contribution is 0.0951. The number of benzene rings is 3. The van der Waals surface area contributed by atoms with E-state index in [4.69, 9.17) is 0 Å². The minimum Gasteiger partial charge on any atom is -0.348 e. The van der Waals surface area contributed by atoms with Gasteiger partial charge in [0.25, 0.3) is 5.91 Å². The van der Waals surface area contributed by atoms with Gasteiger partial charge in [0.15, 0.2) is 0 Å². The smallest absolute Gasteiger partial charge is 0.251 e. The molecule has 5 nitrogen and oxygen atoms in total. The van der Waals surface area contributed by atoms with E-state index in [2.05, 4.69) is 26.0 Å². The third-order valence-corrected chi connectivity index (χ3v) is 6.05. The maximum Gasteiger partial charge on any atom is 0.251 e. The third-order valence-electron chi connectivity index (χ3n) is 4.10. The molecular weight excluding hydrogens is 440 g/mol. The highest BCUT2D eigenvalue weighted by Gasteiger charge is 2.13. The number of hydrogen-bond acceptors (Lipinski definition) is 3. The molecule has 0 spiro atoms. The Labute approximate surface area is 173 Å². The van der Waals surface area contributed by atoms with Gasteiger partial charge in [0, 0.05) is 23.1 Å². The largest absolute Gasteiger partial charge is 0.348 e. The van der Waals surface area contributed by atoms with Crippen molar-refractivity contribution in [3.05, 3.63) is 100 Å². The first-order valence-corrected chi connectivity index (χ1v) is 10.9. The average Bonchev–Trinajstić information content (AvgIpc) is 2.72. The van der Waals surface area contributed by atoms with Crippen molar-refractivity contribution in [1.29, 1.82) is 0 Å². The Hall–Kier alpha value is -2.48. The van der Waals surface area contributed by atoms with Gasteiger partial charge in [-0.25, -0.2) is 13.1 Å². The summed E-state index contributed by atoms with van der Waals surface area (Å²) in [5.41, 5.74) is 2.31. The number of carbonyl (C=O) groups is 1. The summed E-state index contributed by atoms with van der Waals surface area (Å²) in [6.07, 6.45) is 0. The zero-order valence-corrected chi connectivity index (χ0v) is 17.3. The van der Waals surface area contributed by atoms with E-state index in [9.17, 15) is 13.2 Å². The maximum absolute atomic E-state index is 12.3. The van der Waals surface area contributed by atoms with Gasteiger partial charge in [0.2, 0.25) is 10.0 Å². The molecule has 0 bridgehead atoms. The molecule has 144 valence electrons. The molecule has 2 N–H and O–H groups in total. The molecule has 0 aliphatic heterocycles. The van der Waals surface area contributed by atoms with Crippen molar-refractivity contribution < 1.29 is 13.2 Å². The topological polar surface area (TPSA) is 75.3 Å². The minimum absolute atomic E-state index is 0.143. The molecule has 0 unspecified atom stereocenters. The molecule has 0 saturated carbocycles. The monoisotopic (exact) mass is 458 g/mol. The highest BCUT2D eigenvalue weighted by atomic mass is 79.9. The van der Waals surface area contributed by atoms with Crippen LogP contribution in [0.25, 0.3) is 0 Å². The number of rotatable bonds is 7. The molecule has 0 fully saturated rings. The third kappa shape index (κ3) is 5.51. The van der Waals surface area contributed by atoms with Crippen LogP contribution in [0.1, 0.15) is 21.5 Å². The van der Waals surface area contributed by atoms with E-state index in [0.717, 1.165) is 15.6 Å². The predicted molar refractivity (Wildman–Crippen MR) is 112 cm³/mol. The molecular formula is C21H19BrN2O3S. The van der Waals surface area contributed by atoms with Crippen molar-refractivity contribution in [3.8, 4) is 0 Å². The summed E-state index contributed by atoms with van der Waals surface area (Å²) in [4.78, 5) is 12.4. The van der Waals surface area contributed by atoms with Gasteiger partial charge in [-0.2, -0.15) is 0 Å². The quantitative estimate of drug-likeness (QED) is 0.564. The van der Waals surface area contributed by atoms with Crippen LogP contribution in [-0.4, -0.2) is 14.3 Å². The second-order valence-electron chi connectivity index (χ2n) is 6.14. The molecule has 0 atom stereocenters. The molecule has 1 amide bonds. The summed E-state index contributed by atoms with van der Waals surface area (Å²) in [7, 11) is -3.59.